The van der Waals surface area contributed by atoms with Gasteiger partial charge in [-0.15, -0.1) is 0 Å². The smallest absolute Gasteiger partial charge is 0.310 e. The Morgan fingerprint density at radius 1 is 1.19 bits per heavy atom. The first-order chi connectivity index (χ1) is 12.5. The summed E-state index contributed by atoms with van der Waals surface area (Å²) in [7, 11) is 0. The highest BCUT2D eigenvalue weighted by Gasteiger charge is 2.45. The summed E-state index contributed by atoms with van der Waals surface area (Å²) in [5.74, 6) is -1.23. The zero-order valence-corrected chi connectivity index (χ0v) is 14.9. The molecule has 1 aliphatic rings. The molecule has 1 amide bonds. The van der Waals surface area contributed by atoms with Crippen molar-refractivity contribution < 1.29 is 18.7 Å². The van der Waals surface area contributed by atoms with E-state index in [9.17, 15) is 14.0 Å². The van der Waals surface area contributed by atoms with E-state index in [1.54, 1.807) is 12.1 Å². The fraction of sp³-hybridized carbons (Fsp3) is 0.333. The third-order valence-corrected chi connectivity index (χ3v) is 4.74. The minimum absolute atomic E-state index is 0.0502. The quantitative estimate of drug-likeness (QED) is 0.798. The van der Waals surface area contributed by atoms with Gasteiger partial charge in [-0.25, -0.2) is 4.39 Å². The van der Waals surface area contributed by atoms with Crippen molar-refractivity contribution in [2.24, 2.45) is 5.92 Å². The van der Waals surface area contributed by atoms with Crippen molar-refractivity contribution >= 4 is 17.6 Å². The average molecular weight is 355 g/mol. The Kier molecular flexibility index (Phi) is 5.35. The number of amides is 1. The van der Waals surface area contributed by atoms with Gasteiger partial charge in [-0.3, -0.25) is 9.59 Å². The monoisotopic (exact) mass is 355 g/mol. The molecule has 3 rings (SSSR count). The van der Waals surface area contributed by atoms with Crippen LogP contribution < -0.4 is 5.32 Å². The summed E-state index contributed by atoms with van der Waals surface area (Å²) in [6.45, 7) is 3.65. The summed E-state index contributed by atoms with van der Waals surface area (Å²) >= 11 is 0. The molecule has 0 aromatic heterocycles. The van der Waals surface area contributed by atoms with Gasteiger partial charge in [0.15, 0.2) is 6.61 Å². The normalized spacial score (nSPS) is 18.3. The summed E-state index contributed by atoms with van der Waals surface area (Å²) in [6, 6.07) is 12.0. The lowest BCUT2D eigenvalue weighted by atomic mass is 10.1. The van der Waals surface area contributed by atoms with Gasteiger partial charge in [0.05, 0.1) is 5.92 Å². The topological polar surface area (TPSA) is 55.4 Å². The van der Waals surface area contributed by atoms with Crippen molar-refractivity contribution in [1.29, 1.82) is 0 Å². The van der Waals surface area contributed by atoms with E-state index in [4.69, 9.17) is 4.74 Å². The summed E-state index contributed by atoms with van der Waals surface area (Å²) < 4.78 is 18.1. The van der Waals surface area contributed by atoms with Gasteiger partial charge in [0.2, 0.25) is 0 Å². The molecule has 2 unspecified atom stereocenters. The highest BCUT2D eigenvalue weighted by Crippen LogP contribution is 2.48. The lowest BCUT2D eigenvalue weighted by Gasteiger charge is -2.13. The van der Waals surface area contributed by atoms with Crippen molar-refractivity contribution in [3.8, 4) is 0 Å². The molecule has 2 aromatic rings. The molecule has 2 aromatic carbocycles. The first-order valence-corrected chi connectivity index (χ1v) is 8.80. The molecule has 0 radical (unpaired) electrons. The highest BCUT2D eigenvalue weighted by atomic mass is 19.1. The minimum atomic E-state index is -0.380. The van der Waals surface area contributed by atoms with Gasteiger partial charge in [0, 0.05) is 5.69 Å². The van der Waals surface area contributed by atoms with Crippen LogP contribution in [0.5, 0.6) is 0 Å². The van der Waals surface area contributed by atoms with Crippen LogP contribution in [0.2, 0.25) is 0 Å². The number of halogens is 1. The molecule has 0 heterocycles. The molecule has 0 saturated heterocycles. The van der Waals surface area contributed by atoms with E-state index in [1.807, 2.05) is 32.0 Å². The molecule has 2 atom stereocenters. The third-order valence-electron chi connectivity index (χ3n) is 4.74. The lowest BCUT2D eigenvalue weighted by Crippen LogP contribution is -2.22. The molecule has 1 saturated carbocycles. The van der Waals surface area contributed by atoms with Gasteiger partial charge in [0.25, 0.3) is 5.91 Å². The van der Waals surface area contributed by atoms with E-state index in [0.29, 0.717) is 6.42 Å². The van der Waals surface area contributed by atoms with Gasteiger partial charge in [-0.05, 0) is 54.5 Å². The van der Waals surface area contributed by atoms with Crippen LogP contribution in [0.25, 0.3) is 0 Å². The number of ether oxygens (including phenoxy) is 1. The SMILES string of the molecule is CCc1cccc(C)c1NC(=O)COC(=O)C1CC1c1ccc(F)cc1. The van der Waals surface area contributed by atoms with Crippen LogP contribution in [0.4, 0.5) is 10.1 Å². The maximum absolute atomic E-state index is 13.0. The number of carbonyl (C=O) groups is 2. The average Bonchev–Trinajstić information content (AvgIpc) is 3.43. The van der Waals surface area contributed by atoms with Crippen LogP contribution in [-0.4, -0.2) is 18.5 Å². The zero-order valence-electron chi connectivity index (χ0n) is 14.9. The summed E-state index contributed by atoms with van der Waals surface area (Å²) in [5, 5.41) is 2.84. The van der Waals surface area contributed by atoms with Crippen LogP contribution in [0.15, 0.2) is 42.5 Å². The number of rotatable bonds is 6. The van der Waals surface area contributed by atoms with Crippen LogP contribution in [0, 0.1) is 18.7 Å². The summed E-state index contributed by atoms with van der Waals surface area (Å²) in [4.78, 5) is 24.3. The Bertz CT molecular complexity index is 817. The van der Waals surface area contributed by atoms with Crippen molar-refractivity contribution in [3.05, 3.63) is 65.0 Å². The Hall–Kier alpha value is -2.69. The van der Waals surface area contributed by atoms with Crippen molar-refractivity contribution in [2.75, 3.05) is 11.9 Å². The van der Waals surface area contributed by atoms with E-state index in [0.717, 1.165) is 28.8 Å². The van der Waals surface area contributed by atoms with Gasteiger partial charge >= 0.3 is 5.97 Å². The Morgan fingerprint density at radius 3 is 2.62 bits per heavy atom. The second-order valence-corrected chi connectivity index (χ2v) is 6.62. The predicted octanol–water partition coefficient (Wildman–Crippen LogP) is 3.98. The van der Waals surface area contributed by atoms with E-state index in [1.165, 1.54) is 12.1 Å². The molecular weight excluding hydrogens is 333 g/mol. The Balaban J connectivity index is 1.51. The second-order valence-electron chi connectivity index (χ2n) is 6.62. The summed E-state index contributed by atoms with van der Waals surface area (Å²) in [5.41, 5.74) is 3.72. The molecule has 136 valence electrons. The maximum Gasteiger partial charge on any atom is 0.310 e. The van der Waals surface area contributed by atoms with Crippen molar-refractivity contribution in [2.45, 2.75) is 32.6 Å². The largest absolute Gasteiger partial charge is 0.455 e. The number of nitrogens with one attached hydrogen (secondary N) is 1. The van der Waals surface area contributed by atoms with E-state index in [2.05, 4.69) is 5.32 Å². The molecule has 5 heteroatoms. The van der Waals surface area contributed by atoms with E-state index >= 15 is 0 Å². The summed E-state index contributed by atoms with van der Waals surface area (Å²) in [6.07, 6.45) is 1.47. The molecule has 1 fully saturated rings. The first kappa shape index (κ1) is 18.1. The number of benzene rings is 2. The number of para-hydroxylation sites is 1. The highest BCUT2D eigenvalue weighted by molar-refractivity contribution is 5.94. The molecular formula is C21H22FNO3. The fourth-order valence-corrected chi connectivity index (χ4v) is 3.16. The molecule has 0 spiro atoms. The molecule has 4 nitrogen and oxygen atoms in total. The number of hydrogen-bond donors (Lipinski definition) is 1. The van der Waals surface area contributed by atoms with Gasteiger partial charge in [-0.1, -0.05) is 37.3 Å². The predicted molar refractivity (Wildman–Crippen MR) is 97.4 cm³/mol. The van der Waals surface area contributed by atoms with Crippen molar-refractivity contribution in [3.63, 3.8) is 0 Å². The number of hydrogen-bond acceptors (Lipinski definition) is 3. The van der Waals surface area contributed by atoms with Gasteiger partial charge in [-0.2, -0.15) is 0 Å². The van der Waals surface area contributed by atoms with Crippen LogP contribution in [-0.2, 0) is 20.7 Å². The van der Waals surface area contributed by atoms with E-state index in [-0.39, 0.29) is 36.1 Å². The first-order valence-electron chi connectivity index (χ1n) is 8.80. The van der Waals surface area contributed by atoms with Crippen LogP contribution >= 0.6 is 0 Å². The van der Waals surface area contributed by atoms with Crippen LogP contribution in [0.1, 0.15) is 36.0 Å². The number of anilines is 1. The number of esters is 1. The Morgan fingerprint density at radius 2 is 1.92 bits per heavy atom. The van der Waals surface area contributed by atoms with Gasteiger partial charge < -0.3 is 10.1 Å². The van der Waals surface area contributed by atoms with Gasteiger partial charge in [0.1, 0.15) is 5.82 Å². The second kappa shape index (κ2) is 7.68. The van der Waals surface area contributed by atoms with Crippen LogP contribution in [0.3, 0.4) is 0 Å². The fourth-order valence-electron chi connectivity index (χ4n) is 3.16. The maximum atomic E-state index is 13.0. The molecule has 0 bridgehead atoms. The number of carbonyl (C=O) groups excluding carboxylic acids is 2. The Labute approximate surface area is 152 Å². The molecule has 1 N–H and O–H groups in total. The zero-order chi connectivity index (χ0) is 18.7. The lowest BCUT2D eigenvalue weighted by molar-refractivity contribution is -0.148. The molecule has 1 aliphatic carbocycles. The minimum Gasteiger partial charge on any atom is -0.455 e. The molecule has 0 aliphatic heterocycles. The van der Waals surface area contributed by atoms with E-state index < -0.39 is 0 Å². The third kappa shape index (κ3) is 4.10. The standard InChI is InChI=1S/C21H22FNO3/c1-3-14-6-4-5-13(2)20(14)23-19(24)12-26-21(25)18-11-17(18)15-7-9-16(22)10-8-15/h4-10,17-18H,3,11-12H2,1-2H3,(H,23,24). The number of aryl methyl sites for hydroxylation is 2. The van der Waals surface area contributed by atoms with Crippen molar-refractivity contribution in [1.82, 2.24) is 0 Å². The molecule has 26 heavy (non-hydrogen) atoms.